The fourth-order valence-corrected chi connectivity index (χ4v) is 6.86. The summed E-state index contributed by atoms with van der Waals surface area (Å²) in [5.74, 6) is 2.23. The number of hydrogen-bond donors (Lipinski definition) is 0. The molecule has 244 valence electrons. The van der Waals surface area contributed by atoms with Gasteiger partial charge in [0.25, 0.3) is 0 Å². The van der Waals surface area contributed by atoms with E-state index in [1.807, 2.05) is 103 Å². The molecule has 3 aromatic heterocycles. The molecule has 6 nitrogen and oxygen atoms in total. The summed E-state index contributed by atoms with van der Waals surface area (Å²) in [6.45, 7) is 0. The molecule has 52 heavy (non-hydrogen) atoms. The molecule has 0 saturated carbocycles. The molecule has 0 aliphatic heterocycles. The molecule has 0 aliphatic carbocycles. The molecule has 0 aliphatic rings. The first-order chi connectivity index (χ1) is 25.7. The van der Waals surface area contributed by atoms with Gasteiger partial charge in [0.2, 0.25) is 5.89 Å². The molecule has 0 spiro atoms. The van der Waals surface area contributed by atoms with E-state index in [0.717, 1.165) is 72.0 Å². The van der Waals surface area contributed by atoms with Gasteiger partial charge in [-0.3, -0.25) is 0 Å². The number of para-hydroxylation sites is 3. The number of rotatable bonds is 6. The van der Waals surface area contributed by atoms with E-state index in [9.17, 15) is 0 Å². The minimum absolute atomic E-state index is 0.509. The maximum Gasteiger partial charge on any atom is 0.231 e. The van der Waals surface area contributed by atoms with Gasteiger partial charge in [0.1, 0.15) is 16.7 Å². The highest BCUT2D eigenvalue weighted by Crippen LogP contribution is 2.41. The van der Waals surface area contributed by atoms with Gasteiger partial charge in [-0.2, -0.15) is 0 Å². The van der Waals surface area contributed by atoms with Crippen molar-refractivity contribution < 1.29 is 8.83 Å². The molecule has 0 N–H and O–H groups in total. The van der Waals surface area contributed by atoms with Crippen LogP contribution in [0, 0.1) is 0 Å². The average molecular weight is 669 g/mol. The summed E-state index contributed by atoms with van der Waals surface area (Å²) in [5, 5.41) is 1.84. The number of aromatic nitrogens is 4. The third-order valence-corrected chi connectivity index (χ3v) is 9.40. The van der Waals surface area contributed by atoms with Crippen molar-refractivity contribution in [2.24, 2.45) is 0 Å². The Balaban J connectivity index is 1.16. The summed E-state index contributed by atoms with van der Waals surface area (Å²) in [6.07, 6.45) is 0. The van der Waals surface area contributed by atoms with Gasteiger partial charge in [-0.1, -0.05) is 140 Å². The van der Waals surface area contributed by atoms with Crippen molar-refractivity contribution in [1.29, 1.82) is 0 Å². The Morgan fingerprint density at radius 1 is 0.346 bits per heavy atom. The molecule has 0 atom stereocenters. The van der Waals surface area contributed by atoms with Crippen LogP contribution in [-0.2, 0) is 0 Å². The second kappa shape index (κ2) is 12.3. The van der Waals surface area contributed by atoms with Crippen LogP contribution in [0.1, 0.15) is 0 Å². The van der Waals surface area contributed by atoms with Gasteiger partial charge >= 0.3 is 0 Å². The van der Waals surface area contributed by atoms with Crippen LogP contribution in [0.5, 0.6) is 0 Å². The predicted molar refractivity (Wildman–Crippen MR) is 207 cm³/mol. The maximum absolute atomic E-state index is 6.57. The first-order valence-electron chi connectivity index (χ1n) is 17.1. The van der Waals surface area contributed by atoms with Crippen molar-refractivity contribution in [3.8, 4) is 67.9 Å². The third kappa shape index (κ3) is 5.22. The minimum atomic E-state index is 0.509. The summed E-state index contributed by atoms with van der Waals surface area (Å²) in [6, 6.07) is 57.2. The summed E-state index contributed by atoms with van der Waals surface area (Å²) < 4.78 is 12.8. The first kappa shape index (κ1) is 29.7. The van der Waals surface area contributed by atoms with Crippen LogP contribution in [0.15, 0.2) is 179 Å². The van der Waals surface area contributed by atoms with Crippen molar-refractivity contribution in [2.75, 3.05) is 0 Å². The number of nitrogens with zero attached hydrogens (tertiary/aromatic N) is 4. The Labute approximate surface area is 298 Å². The van der Waals surface area contributed by atoms with Crippen molar-refractivity contribution in [3.63, 3.8) is 0 Å². The molecule has 0 fully saturated rings. The van der Waals surface area contributed by atoms with E-state index in [4.69, 9.17) is 28.8 Å². The highest BCUT2D eigenvalue weighted by atomic mass is 16.4. The van der Waals surface area contributed by atoms with Gasteiger partial charge in [0.05, 0.1) is 5.56 Å². The lowest BCUT2D eigenvalue weighted by Crippen LogP contribution is -2.00. The van der Waals surface area contributed by atoms with Crippen LogP contribution in [-0.4, -0.2) is 19.9 Å². The summed E-state index contributed by atoms with van der Waals surface area (Å²) in [7, 11) is 0. The zero-order chi connectivity index (χ0) is 34.4. The normalized spacial score (nSPS) is 11.5. The van der Waals surface area contributed by atoms with Crippen molar-refractivity contribution in [3.05, 3.63) is 170 Å². The van der Waals surface area contributed by atoms with E-state index in [1.54, 1.807) is 0 Å². The average Bonchev–Trinajstić information content (AvgIpc) is 3.84. The largest absolute Gasteiger partial charge is 0.455 e. The molecule has 3 heterocycles. The summed E-state index contributed by atoms with van der Waals surface area (Å²) >= 11 is 0. The van der Waals surface area contributed by atoms with Crippen LogP contribution < -0.4 is 0 Å². The number of oxazole rings is 1. The summed E-state index contributed by atoms with van der Waals surface area (Å²) in [5.41, 5.74) is 10.8. The molecular weight excluding hydrogens is 641 g/mol. The molecule has 0 amide bonds. The zero-order valence-electron chi connectivity index (χ0n) is 27.8. The standard InChI is InChI=1S/C46H28N4O2/c1-3-12-29(13-4-1)31-24-26-32(27-25-31)43-48-44(34-17-9-16-33(28-34)30-14-5-2-6-15-30)50-45(49-43)36-19-11-23-40-41(36)35-18-10-20-37(42(35)51-40)46-47-38-21-7-8-22-39(38)52-46/h1-28H. The van der Waals surface area contributed by atoms with E-state index in [0.29, 0.717) is 28.9 Å². The SMILES string of the molecule is c1ccc(-c2ccc(-c3nc(-c4cccc(-c5ccccc5)c4)nc(-c4cccc5oc6c(-c7nc8ccccc8o7)cccc6c45)n3)cc2)cc1. The van der Waals surface area contributed by atoms with Gasteiger partial charge in [0, 0.05) is 27.5 Å². The van der Waals surface area contributed by atoms with Crippen LogP contribution in [0.2, 0.25) is 0 Å². The first-order valence-corrected chi connectivity index (χ1v) is 17.1. The Morgan fingerprint density at radius 2 is 0.904 bits per heavy atom. The molecule has 6 heteroatoms. The molecule has 7 aromatic carbocycles. The Hall–Kier alpha value is -7.18. The van der Waals surface area contributed by atoms with Crippen LogP contribution in [0.3, 0.4) is 0 Å². The molecule has 10 rings (SSSR count). The van der Waals surface area contributed by atoms with Gasteiger partial charge < -0.3 is 8.83 Å². The highest BCUT2D eigenvalue weighted by Gasteiger charge is 2.21. The van der Waals surface area contributed by atoms with Gasteiger partial charge in [-0.25, -0.2) is 19.9 Å². The van der Waals surface area contributed by atoms with Crippen LogP contribution >= 0.6 is 0 Å². The molecule has 0 saturated heterocycles. The Kier molecular flexibility index (Phi) is 7.03. The van der Waals surface area contributed by atoms with E-state index in [-0.39, 0.29) is 0 Å². The molecular formula is C46H28N4O2. The molecule has 0 bridgehead atoms. The minimum Gasteiger partial charge on any atom is -0.455 e. The number of hydrogen-bond acceptors (Lipinski definition) is 6. The second-order valence-electron chi connectivity index (χ2n) is 12.6. The number of furan rings is 1. The van der Waals surface area contributed by atoms with Gasteiger partial charge in [-0.05, 0) is 52.6 Å². The van der Waals surface area contributed by atoms with Gasteiger partial charge in [-0.15, -0.1) is 0 Å². The number of benzene rings is 7. The lowest BCUT2D eigenvalue weighted by atomic mass is 10.0. The van der Waals surface area contributed by atoms with Gasteiger partial charge in [0.15, 0.2) is 23.1 Å². The fourth-order valence-electron chi connectivity index (χ4n) is 6.86. The lowest BCUT2D eigenvalue weighted by Gasteiger charge is -2.11. The summed E-state index contributed by atoms with van der Waals surface area (Å²) in [4.78, 5) is 20.1. The Morgan fingerprint density at radius 3 is 1.69 bits per heavy atom. The quantitative estimate of drug-likeness (QED) is 0.175. The van der Waals surface area contributed by atoms with Crippen molar-refractivity contribution >= 4 is 33.0 Å². The van der Waals surface area contributed by atoms with Crippen LogP contribution in [0.25, 0.3) is 101 Å². The maximum atomic E-state index is 6.57. The van der Waals surface area contributed by atoms with E-state index >= 15 is 0 Å². The predicted octanol–water partition coefficient (Wildman–Crippen LogP) is 11.9. The second-order valence-corrected chi connectivity index (χ2v) is 12.6. The lowest BCUT2D eigenvalue weighted by molar-refractivity contribution is 0.615. The smallest absolute Gasteiger partial charge is 0.231 e. The molecule has 10 aromatic rings. The molecule has 0 radical (unpaired) electrons. The van der Waals surface area contributed by atoms with Crippen LogP contribution in [0.4, 0.5) is 0 Å². The fraction of sp³-hybridized carbons (Fsp3) is 0. The zero-order valence-corrected chi connectivity index (χ0v) is 27.8. The van der Waals surface area contributed by atoms with E-state index in [2.05, 4.69) is 66.7 Å². The topological polar surface area (TPSA) is 77.8 Å². The Bertz CT molecular complexity index is 2860. The molecule has 0 unspecified atom stereocenters. The van der Waals surface area contributed by atoms with Crippen molar-refractivity contribution in [1.82, 2.24) is 19.9 Å². The van der Waals surface area contributed by atoms with E-state index < -0.39 is 0 Å². The van der Waals surface area contributed by atoms with Crippen molar-refractivity contribution in [2.45, 2.75) is 0 Å². The van der Waals surface area contributed by atoms with E-state index in [1.165, 1.54) is 0 Å². The third-order valence-electron chi connectivity index (χ3n) is 9.40. The number of fused-ring (bicyclic) bond motifs is 4. The highest BCUT2D eigenvalue weighted by molar-refractivity contribution is 6.14. The monoisotopic (exact) mass is 668 g/mol.